The molecule has 6 nitrogen and oxygen atoms in total. The van der Waals surface area contributed by atoms with Gasteiger partial charge in [-0.3, -0.25) is 9.79 Å². The quantitative estimate of drug-likeness (QED) is 0.425. The maximum Gasteiger partial charge on any atom is 0.222 e. The molecule has 0 aromatic rings. The summed E-state index contributed by atoms with van der Waals surface area (Å²) in [5.41, 5.74) is 10.5. The zero-order valence-electron chi connectivity index (χ0n) is 13.3. The van der Waals surface area contributed by atoms with E-state index in [1.807, 2.05) is 18.7 Å². The summed E-state index contributed by atoms with van der Waals surface area (Å²) in [5.74, 6) is 0.424. The number of carbonyl (C=O) groups is 1. The molecule has 0 radical (unpaired) electrons. The number of hydrogen-bond donors (Lipinski definition) is 2. The topological polar surface area (TPSA) is 87.9 Å². The lowest BCUT2D eigenvalue weighted by Crippen LogP contribution is -2.47. The van der Waals surface area contributed by atoms with Crippen LogP contribution in [0, 0.1) is 0 Å². The Bertz CT molecular complexity index is 281. The maximum atomic E-state index is 11.9. The Morgan fingerprint density at radius 1 is 1.05 bits per heavy atom. The molecule has 0 aliphatic carbocycles. The Morgan fingerprint density at radius 3 is 2.20 bits per heavy atom. The molecule has 118 valence electrons. The van der Waals surface area contributed by atoms with E-state index in [1.54, 1.807) is 0 Å². The average Bonchev–Trinajstić information content (AvgIpc) is 2.45. The van der Waals surface area contributed by atoms with Gasteiger partial charge in [-0.2, -0.15) is 0 Å². The lowest BCUT2D eigenvalue weighted by Gasteiger charge is -2.32. The SMILES string of the molecule is CC.CN1CCN(C(=O)CCCCCN=C(N)N)CC1. The van der Waals surface area contributed by atoms with Gasteiger partial charge in [0.25, 0.3) is 0 Å². The molecule has 1 saturated heterocycles. The van der Waals surface area contributed by atoms with Crippen molar-refractivity contribution in [2.75, 3.05) is 39.8 Å². The second-order valence-corrected chi connectivity index (χ2v) is 4.80. The van der Waals surface area contributed by atoms with Crippen molar-refractivity contribution >= 4 is 11.9 Å². The van der Waals surface area contributed by atoms with Gasteiger partial charge < -0.3 is 21.3 Å². The van der Waals surface area contributed by atoms with Crippen LogP contribution in [0.2, 0.25) is 0 Å². The first-order valence-electron chi connectivity index (χ1n) is 7.61. The summed E-state index contributed by atoms with van der Waals surface area (Å²) in [5, 5.41) is 0. The molecule has 1 heterocycles. The molecule has 1 rings (SSSR count). The minimum Gasteiger partial charge on any atom is -0.370 e. The summed E-state index contributed by atoms with van der Waals surface area (Å²) in [6.45, 7) is 8.35. The molecule has 1 amide bonds. The minimum atomic E-state index is 0.142. The first kappa shape index (κ1) is 18.7. The smallest absolute Gasteiger partial charge is 0.222 e. The highest BCUT2D eigenvalue weighted by molar-refractivity contribution is 5.76. The van der Waals surface area contributed by atoms with E-state index in [9.17, 15) is 4.79 Å². The monoisotopic (exact) mass is 285 g/mol. The Hall–Kier alpha value is -1.30. The van der Waals surface area contributed by atoms with Crippen molar-refractivity contribution in [1.29, 1.82) is 0 Å². The molecule has 1 fully saturated rings. The van der Waals surface area contributed by atoms with Gasteiger partial charge in [0.05, 0.1) is 0 Å². The van der Waals surface area contributed by atoms with Crippen LogP contribution in [0.25, 0.3) is 0 Å². The molecule has 6 heteroatoms. The fourth-order valence-corrected chi connectivity index (χ4v) is 1.99. The van der Waals surface area contributed by atoms with Crippen molar-refractivity contribution in [3.05, 3.63) is 0 Å². The van der Waals surface area contributed by atoms with Crippen LogP contribution >= 0.6 is 0 Å². The van der Waals surface area contributed by atoms with Gasteiger partial charge in [-0.05, 0) is 19.9 Å². The number of guanidine groups is 1. The Morgan fingerprint density at radius 2 is 1.65 bits per heavy atom. The number of aliphatic imine (C=N–C) groups is 1. The van der Waals surface area contributed by atoms with Crippen LogP contribution in [-0.4, -0.2) is 61.4 Å². The van der Waals surface area contributed by atoms with E-state index in [0.29, 0.717) is 13.0 Å². The second-order valence-electron chi connectivity index (χ2n) is 4.80. The number of amides is 1. The van der Waals surface area contributed by atoms with Gasteiger partial charge in [0, 0.05) is 39.1 Å². The predicted molar refractivity (Wildman–Crippen MR) is 84.6 cm³/mol. The number of unbranched alkanes of at least 4 members (excludes halogenated alkanes) is 2. The Kier molecular flexibility index (Phi) is 10.8. The molecule has 0 spiro atoms. The number of piperazine rings is 1. The number of nitrogens with two attached hydrogens (primary N) is 2. The van der Waals surface area contributed by atoms with Crippen LogP contribution in [0.1, 0.15) is 39.5 Å². The maximum absolute atomic E-state index is 11.9. The molecule has 0 saturated carbocycles. The number of likely N-dealkylation sites (N-methyl/N-ethyl adjacent to an activating group) is 1. The van der Waals surface area contributed by atoms with Crippen LogP contribution < -0.4 is 11.5 Å². The third-order valence-corrected chi connectivity index (χ3v) is 3.20. The molecule has 1 aliphatic heterocycles. The summed E-state index contributed by atoms with van der Waals surface area (Å²) in [6.07, 6.45) is 3.50. The summed E-state index contributed by atoms with van der Waals surface area (Å²) >= 11 is 0. The van der Waals surface area contributed by atoms with Crippen molar-refractivity contribution < 1.29 is 4.79 Å². The largest absolute Gasteiger partial charge is 0.370 e. The van der Waals surface area contributed by atoms with Gasteiger partial charge >= 0.3 is 0 Å². The van der Waals surface area contributed by atoms with E-state index in [4.69, 9.17) is 11.5 Å². The standard InChI is InChI=1S/C12H25N5O.C2H6/c1-16-7-9-17(10-8-16)11(18)5-3-2-4-6-15-12(13)14;1-2/h2-10H2,1H3,(H4,13,14,15);1-2H3. The van der Waals surface area contributed by atoms with E-state index < -0.39 is 0 Å². The van der Waals surface area contributed by atoms with Gasteiger partial charge in [0.15, 0.2) is 5.96 Å². The molecule has 20 heavy (non-hydrogen) atoms. The number of rotatable bonds is 6. The van der Waals surface area contributed by atoms with Crippen molar-refractivity contribution in [3.8, 4) is 0 Å². The summed E-state index contributed by atoms with van der Waals surface area (Å²) in [7, 11) is 2.09. The van der Waals surface area contributed by atoms with Crippen molar-refractivity contribution in [3.63, 3.8) is 0 Å². The first-order chi connectivity index (χ1) is 9.59. The first-order valence-corrected chi connectivity index (χ1v) is 7.61. The van der Waals surface area contributed by atoms with E-state index in [2.05, 4.69) is 16.9 Å². The molecule has 1 aliphatic rings. The molecule has 0 bridgehead atoms. The Labute approximate surface area is 123 Å². The number of nitrogens with zero attached hydrogens (tertiary/aromatic N) is 3. The predicted octanol–water partition coefficient (Wildman–Crippen LogP) is 0.620. The fraction of sp³-hybridized carbons (Fsp3) is 0.857. The van der Waals surface area contributed by atoms with Gasteiger partial charge in [0.1, 0.15) is 0 Å². The molecular weight excluding hydrogens is 254 g/mol. The highest BCUT2D eigenvalue weighted by atomic mass is 16.2. The zero-order chi connectivity index (χ0) is 15.4. The minimum absolute atomic E-state index is 0.142. The number of hydrogen-bond acceptors (Lipinski definition) is 3. The van der Waals surface area contributed by atoms with E-state index in [1.165, 1.54) is 0 Å². The Balaban J connectivity index is 0.00000172. The lowest BCUT2D eigenvalue weighted by molar-refractivity contribution is -0.132. The van der Waals surface area contributed by atoms with Gasteiger partial charge in [-0.25, -0.2) is 0 Å². The normalized spacial score (nSPS) is 15.2. The van der Waals surface area contributed by atoms with Crippen LogP contribution in [0.3, 0.4) is 0 Å². The molecule has 0 atom stereocenters. The molecule has 4 N–H and O–H groups in total. The fourth-order valence-electron chi connectivity index (χ4n) is 1.99. The summed E-state index contributed by atoms with van der Waals surface area (Å²) in [6, 6.07) is 0. The van der Waals surface area contributed by atoms with Gasteiger partial charge in [-0.15, -0.1) is 0 Å². The van der Waals surface area contributed by atoms with Crippen molar-refractivity contribution in [2.24, 2.45) is 16.5 Å². The van der Waals surface area contributed by atoms with E-state index >= 15 is 0 Å². The second kappa shape index (κ2) is 11.5. The lowest BCUT2D eigenvalue weighted by atomic mass is 10.1. The van der Waals surface area contributed by atoms with Crippen LogP contribution in [-0.2, 0) is 4.79 Å². The third-order valence-electron chi connectivity index (χ3n) is 3.20. The molecule has 0 aromatic carbocycles. The highest BCUT2D eigenvalue weighted by Gasteiger charge is 2.17. The van der Waals surface area contributed by atoms with Crippen LogP contribution in [0.4, 0.5) is 0 Å². The van der Waals surface area contributed by atoms with Crippen molar-refractivity contribution in [2.45, 2.75) is 39.5 Å². The van der Waals surface area contributed by atoms with Gasteiger partial charge in [0.2, 0.25) is 5.91 Å². The van der Waals surface area contributed by atoms with Crippen LogP contribution in [0.5, 0.6) is 0 Å². The summed E-state index contributed by atoms with van der Waals surface area (Å²) in [4.78, 5) is 20.0. The zero-order valence-corrected chi connectivity index (χ0v) is 13.3. The number of carbonyl (C=O) groups excluding carboxylic acids is 1. The van der Waals surface area contributed by atoms with Crippen LogP contribution in [0.15, 0.2) is 4.99 Å². The average molecular weight is 285 g/mol. The third kappa shape index (κ3) is 8.74. The van der Waals surface area contributed by atoms with Crippen molar-refractivity contribution in [1.82, 2.24) is 9.80 Å². The highest BCUT2D eigenvalue weighted by Crippen LogP contribution is 2.06. The molecule has 0 unspecified atom stereocenters. The molecule has 0 aromatic heterocycles. The van der Waals surface area contributed by atoms with E-state index in [-0.39, 0.29) is 11.9 Å². The summed E-state index contributed by atoms with van der Waals surface area (Å²) < 4.78 is 0. The van der Waals surface area contributed by atoms with E-state index in [0.717, 1.165) is 45.4 Å². The molecular formula is C14H31N5O. The van der Waals surface area contributed by atoms with Gasteiger partial charge in [-0.1, -0.05) is 20.3 Å².